The molecule has 0 fully saturated rings. The third kappa shape index (κ3) is 4.13. The van der Waals surface area contributed by atoms with Crippen molar-refractivity contribution in [2.75, 3.05) is 17.7 Å². The van der Waals surface area contributed by atoms with Gasteiger partial charge in [-0.1, -0.05) is 25.6 Å². The summed E-state index contributed by atoms with van der Waals surface area (Å²) in [6, 6.07) is 5.28. The highest BCUT2D eigenvalue weighted by Crippen LogP contribution is 2.26. The van der Waals surface area contributed by atoms with Crippen LogP contribution in [0.5, 0.6) is 5.75 Å². The van der Waals surface area contributed by atoms with Gasteiger partial charge in [-0.05, 0) is 31.4 Å². The summed E-state index contributed by atoms with van der Waals surface area (Å²) < 4.78 is 18.9. The molecule has 0 spiro atoms. The molecule has 0 aliphatic carbocycles. The first-order valence-corrected chi connectivity index (χ1v) is 7.97. The van der Waals surface area contributed by atoms with Crippen LogP contribution >= 0.6 is 11.8 Å². The van der Waals surface area contributed by atoms with Gasteiger partial charge in [0.1, 0.15) is 0 Å². The lowest BCUT2D eigenvalue weighted by molar-refractivity contribution is 0.321. The summed E-state index contributed by atoms with van der Waals surface area (Å²) in [5.74, 6) is 1.59. The number of benzene rings is 1. The van der Waals surface area contributed by atoms with Gasteiger partial charge in [0.25, 0.3) is 0 Å². The first kappa shape index (κ1) is 15.2. The molecular weight excluding hydrogens is 275 g/mol. The monoisotopic (exact) mass is 296 g/mol. The van der Waals surface area contributed by atoms with Crippen LogP contribution < -0.4 is 10.1 Å². The minimum atomic E-state index is -0.348. The zero-order valence-corrected chi connectivity index (χ0v) is 13.0. The molecule has 1 aliphatic heterocycles. The van der Waals surface area contributed by atoms with Crippen LogP contribution in [-0.4, -0.2) is 23.6 Å². The number of thioether (sulfide) groups is 1. The summed E-state index contributed by atoms with van der Waals surface area (Å²) in [7, 11) is 0. The molecular formula is C15H21FN2OS. The molecule has 1 heterocycles. The molecule has 0 saturated carbocycles. The van der Waals surface area contributed by atoms with Crippen molar-refractivity contribution in [3.63, 3.8) is 0 Å². The molecule has 5 heteroatoms. The van der Waals surface area contributed by atoms with Crippen molar-refractivity contribution in [3.8, 4) is 5.75 Å². The van der Waals surface area contributed by atoms with E-state index in [0.29, 0.717) is 24.3 Å². The molecule has 0 aromatic heterocycles. The molecule has 20 heavy (non-hydrogen) atoms. The van der Waals surface area contributed by atoms with E-state index in [1.54, 1.807) is 17.8 Å². The summed E-state index contributed by atoms with van der Waals surface area (Å²) in [6.45, 7) is 6.70. The van der Waals surface area contributed by atoms with Crippen molar-refractivity contribution in [1.82, 2.24) is 0 Å². The van der Waals surface area contributed by atoms with E-state index in [2.05, 4.69) is 24.2 Å². The average molecular weight is 296 g/mol. The van der Waals surface area contributed by atoms with Gasteiger partial charge in [-0.3, -0.25) is 4.99 Å². The van der Waals surface area contributed by atoms with E-state index < -0.39 is 0 Å². The number of nitrogens with one attached hydrogen (secondary N) is 1. The van der Waals surface area contributed by atoms with Gasteiger partial charge >= 0.3 is 0 Å². The van der Waals surface area contributed by atoms with E-state index in [9.17, 15) is 4.39 Å². The minimum absolute atomic E-state index is 0.289. The number of hydrogen-bond donors (Lipinski definition) is 1. The normalized spacial score (nSPS) is 18.2. The largest absolute Gasteiger partial charge is 0.491 e. The lowest BCUT2D eigenvalue weighted by Crippen LogP contribution is -2.08. The maximum atomic E-state index is 13.7. The summed E-state index contributed by atoms with van der Waals surface area (Å²) in [5.41, 5.74) is 0.711. The Morgan fingerprint density at radius 3 is 2.95 bits per heavy atom. The van der Waals surface area contributed by atoms with Crippen molar-refractivity contribution in [1.29, 1.82) is 0 Å². The van der Waals surface area contributed by atoms with Crippen LogP contribution in [0.1, 0.15) is 27.2 Å². The van der Waals surface area contributed by atoms with Gasteiger partial charge in [-0.25, -0.2) is 4.39 Å². The standard InChI is InChI=1S/C15H21FN2OS/c1-4-19-14-6-5-11(8-13(14)16)17-15-18-12(9-20-15)7-10(2)3/h5-6,8,10,12H,4,7,9H2,1-3H3,(H,17,18). The summed E-state index contributed by atoms with van der Waals surface area (Å²) in [4.78, 5) is 4.63. The van der Waals surface area contributed by atoms with Crippen molar-refractivity contribution in [2.24, 2.45) is 10.9 Å². The molecule has 110 valence electrons. The summed E-state index contributed by atoms with van der Waals surface area (Å²) in [6.07, 6.45) is 1.09. The van der Waals surface area contributed by atoms with Crippen LogP contribution in [0.3, 0.4) is 0 Å². The molecule has 0 amide bonds. The Morgan fingerprint density at radius 1 is 1.50 bits per heavy atom. The third-order valence-corrected chi connectivity index (χ3v) is 3.97. The third-order valence-electron chi connectivity index (χ3n) is 2.94. The molecule has 3 nitrogen and oxygen atoms in total. The smallest absolute Gasteiger partial charge is 0.167 e. The topological polar surface area (TPSA) is 33.6 Å². The van der Waals surface area contributed by atoms with Crippen molar-refractivity contribution in [3.05, 3.63) is 24.0 Å². The predicted molar refractivity (Wildman–Crippen MR) is 84.3 cm³/mol. The lowest BCUT2D eigenvalue weighted by atomic mass is 10.1. The molecule has 1 atom stereocenters. The Labute approximate surface area is 124 Å². The van der Waals surface area contributed by atoms with Gasteiger partial charge in [0.2, 0.25) is 0 Å². The van der Waals surface area contributed by atoms with Crippen LogP contribution in [0.25, 0.3) is 0 Å². The fourth-order valence-electron chi connectivity index (χ4n) is 2.12. The average Bonchev–Trinajstić information content (AvgIpc) is 2.79. The van der Waals surface area contributed by atoms with Crippen molar-refractivity contribution >= 4 is 22.6 Å². The Bertz CT molecular complexity index is 491. The second-order valence-corrected chi connectivity index (χ2v) is 6.24. The maximum Gasteiger partial charge on any atom is 0.167 e. The van der Waals surface area contributed by atoms with Gasteiger partial charge in [-0.15, -0.1) is 0 Å². The van der Waals surface area contributed by atoms with Gasteiger partial charge in [0, 0.05) is 17.5 Å². The molecule has 0 saturated heterocycles. The number of aliphatic imine (C=N–C) groups is 1. The Hall–Kier alpha value is -1.23. The highest BCUT2D eigenvalue weighted by Gasteiger charge is 2.19. The number of ether oxygens (including phenoxy) is 1. The van der Waals surface area contributed by atoms with Crippen LogP contribution in [-0.2, 0) is 0 Å². The molecule has 2 rings (SSSR count). The van der Waals surface area contributed by atoms with Crippen LogP contribution in [0.2, 0.25) is 0 Å². The molecule has 0 radical (unpaired) electrons. The fraction of sp³-hybridized carbons (Fsp3) is 0.533. The van der Waals surface area contributed by atoms with E-state index in [-0.39, 0.29) is 11.6 Å². The molecule has 1 unspecified atom stereocenters. The Balaban J connectivity index is 1.98. The van der Waals surface area contributed by atoms with E-state index in [4.69, 9.17) is 4.74 Å². The van der Waals surface area contributed by atoms with E-state index in [0.717, 1.165) is 17.3 Å². The zero-order chi connectivity index (χ0) is 14.5. The maximum absolute atomic E-state index is 13.7. The molecule has 1 aliphatic rings. The van der Waals surface area contributed by atoms with E-state index in [1.165, 1.54) is 6.07 Å². The number of anilines is 1. The molecule has 0 bridgehead atoms. The first-order valence-electron chi connectivity index (χ1n) is 6.98. The van der Waals surface area contributed by atoms with Crippen LogP contribution in [0.15, 0.2) is 23.2 Å². The summed E-state index contributed by atoms with van der Waals surface area (Å²) >= 11 is 1.69. The Kier molecular flexibility index (Phi) is 5.29. The quantitative estimate of drug-likeness (QED) is 0.886. The number of nitrogens with zero attached hydrogens (tertiary/aromatic N) is 1. The second kappa shape index (κ2) is 6.97. The predicted octanol–water partition coefficient (Wildman–Crippen LogP) is 4.15. The van der Waals surface area contributed by atoms with Gasteiger partial charge in [0.15, 0.2) is 16.7 Å². The van der Waals surface area contributed by atoms with Crippen molar-refractivity contribution < 1.29 is 9.13 Å². The fourth-order valence-corrected chi connectivity index (χ4v) is 3.10. The molecule has 1 aromatic carbocycles. The summed E-state index contributed by atoms with van der Waals surface area (Å²) in [5, 5.41) is 4.05. The number of rotatable bonds is 5. The molecule has 1 N–H and O–H groups in total. The van der Waals surface area contributed by atoms with Crippen LogP contribution in [0.4, 0.5) is 10.1 Å². The highest BCUT2D eigenvalue weighted by atomic mass is 32.2. The SMILES string of the molecule is CCOc1ccc(NC2=NC(CC(C)C)CS2)cc1F. The molecule has 1 aromatic rings. The van der Waals surface area contributed by atoms with E-state index >= 15 is 0 Å². The first-order chi connectivity index (χ1) is 9.58. The lowest BCUT2D eigenvalue weighted by Gasteiger charge is -2.08. The highest BCUT2D eigenvalue weighted by molar-refractivity contribution is 8.14. The zero-order valence-electron chi connectivity index (χ0n) is 12.1. The van der Waals surface area contributed by atoms with Gasteiger partial charge in [0.05, 0.1) is 12.6 Å². The second-order valence-electron chi connectivity index (χ2n) is 5.23. The Morgan fingerprint density at radius 2 is 2.30 bits per heavy atom. The van der Waals surface area contributed by atoms with E-state index in [1.807, 2.05) is 13.0 Å². The number of hydrogen-bond acceptors (Lipinski definition) is 4. The van der Waals surface area contributed by atoms with Crippen molar-refractivity contribution in [2.45, 2.75) is 33.2 Å². The minimum Gasteiger partial charge on any atom is -0.491 e. The van der Waals surface area contributed by atoms with Gasteiger partial charge < -0.3 is 10.1 Å². The number of amidine groups is 1. The van der Waals surface area contributed by atoms with Crippen LogP contribution in [0, 0.1) is 11.7 Å². The number of halogens is 1. The van der Waals surface area contributed by atoms with Gasteiger partial charge in [-0.2, -0.15) is 0 Å².